The van der Waals surface area contributed by atoms with E-state index in [1.54, 1.807) is 24.3 Å². The van der Waals surface area contributed by atoms with E-state index in [0.717, 1.165) is 6.07 Å². The molecule has 3 N–H and O–H groups in total. The number of rotatable bonds is 6. The molecule has 0 bridgehead atoms. The zero-order valence-electron chi connectivity index (χ0n) is 14.6. The Morgan fingerprint density at radius 3 is 2.59 bits per heavy atom. The topological polar surface area (TPSA) is 111 Å². The van der Waals surface area contributed by atoms with E-state index in [1.807, 2.05) is 0 Å². The van der Waals surface area contributed by atoms with Crippen molar-refractivity contribution in [2.45, 2.75) is 17.5 Å². The summed E-state index contributed by atoms with van der Waals surface area (Å²) in [7, 11) is -4.51. The number of hydrogen-bond donors (Lipinski definition) is 2. The van der Waals surface area contributed by atoms with Crippen LogP contribution in [0.1, 0.15) is 11.5 Å². The van der Waals surface area contributed by atoms with Crippen LogP contribution in [0.5, 0.6) is 0 Å². The van der Waals surface area contributed by atoms with Crippen molar-refractivity contribution in [2.75, 3.05) is 11.9 Å². The lowest BCUT2D eigenvalue weighted by Crippen LogP contribution is -2.19. The van der Waals surface area contributed by atoms with Crippen LogP contribution in [-0.4, -0.2) is 25.1 Å². The zero-order chi connectivity index (χ0) is 21.2. The standard InChI is InChI=1S/C17H14ClF3N4O3S/c18-11-3-1-2-10(8-11)16-24-15(28-25-16)6-7-23-12-4-5-14(29(22,26)27)13(9-12)17(19,20)21/h1-5,8-9,23H,6-7H2,(H2,22,26,27). The SMILES string of the molecule is NS(=O)(=O)c1ccc(NCCc2nc(-c3cccc(Cl)c3)no2)cc1C(F)(F)F. The summed E-state index contributed by atoms with van der Waals surface area (Å²) in [4.78, 5) is 3.22. The summed E-state index contributed by atoms with van der Waals surface area (Å²) >= 11 is 5.92. The van der Waals surface area contributed by atoms with Gasteiger partial charge in [-0.05, 0) is 30.3 Å². The van der Waals surface area contributed by atoms with Gasteiger partial charge in [-0.1, -0.05) is 28.9 Å². The van der Waals surface area contributed by atoms with Crippen LogP contribution in [0.4, 0.5) is 18.9 Å². The van der Waals surface area contributed by atoms with Crippen molar-refractivity contribution in [2.24, 2.45) is 5.14 Å². The Hall–Kier alpha value is -2.63. The third-order valence-corrected chi connectivity index (χ3v) is 5.01. The van der Waals surface area contributed by atoms with Gasteiger partial charge in [0.25, 0.3) is 0 Å². The van der Waals surface area contributed by atoms with Crippen LogP contribution in [-0.2, 0) is 22.6 Å². The van der Waals surface area contributed by atoms with Crippen LogP contribution in [0.25, 0.3) is 11.4 Å². The number of halogens is 4. The molecule has 1 heterocycles. The van der Waals surface area contributed by atoms with Gasteiger partial charge in [0.05, 0.1) is 10.5 Å². The van der Waals surface area contributed by atoms with Crippen molar-refractivity contribution < 1.29 is 26.1 Å². The highest BCUT2D eigenvalue weighted by Crippen LogP contribution is 2.35. The third kappa shape index (κ3) is 5.25. The van der Waals surface area contributed by atoms with Gasteiger partial charge >= 0.3 is 6.18 Å². The molecule has 0 spiro atoms. The molecule has 0 saturated heterocycles. The number of hydrogen-bond acceptors (Lipinski definition) is 6. The van der Waals surface area contributed by atoms with Crippen LogP contribution in [0.15, 0.2) is 51.9 Å². The van der Waals surface area contributed by atoms with Crippen LogP contribution >= 0.6 is 11.6 Å². The molecular weight excluding hydrogens is 433 g/mol. The number of anilines is 1. The molecule has 0 aliphatic heterocycles. The molecule has 0 radical (unpaired) electrons. The van der Waals surface area contributed by atoms with Gasteiger partial charge in [-0.25, -0.2) is 13.6 Å². The molecule has 0 saturated carbocycles. The Morgan fingerprint density at radius 2 is 1.93 bits per heavy atom. The fourth-order valence-electron chi connectivity index (χ4n) is 2.52. The average molecular weight is 447 g/mol. The normalized spacial score (nSPS) is 12.2. The molecule has 1 aromatic heterocycles. The van der Waals surface area contributed by atoms with Gasteiger partial charge in [0.1, 0.15) is 0 Å². The minimum Gasteiger partial charge on any atom is -0.385 e. The second-order valence-electron chi connectivity index (χ2n) is 5.95. The Morgan fingerprint density at radius 1 is 1.17 bits per heavy atom. The Kier molecular flexibility index (Phi) is 5.82. The molecule has 2 aromatic carbocycles. The maximum atomic E-state index is 13.1. The number of aromatic nitrogens is 2. The minimum atomic E-state index is -4.88. The largest absolute Gasteiger partial charge is 0.417 e. The smallest absolute Gasteiger partial charge is 0.385 e. The van der Waals surface area contributed by atoms with Crippen molar-refractivity contribution in [1.29, 1.82) is 0 Å². The van der Waals surface area contributed by atoms with Crippen LogP contribution in [0.2, 0.25) is 5.02 Å². The molecule has 0 amide bonds. The summed E-state index contributed by atoms with van der Waals surface area (Å²) in [5, 5.41) is 12.0. The van der Waals surface area contributed by atoms with Crippen molar-refractivity contribution in [3.63, 3.8) is 0 Å². The highest BCUT2D eigenvalue weighted by molar-refractivity contribution is 7.89. The molecule has 3 aromatic rings. The lowest BCUT2D eigenvalue weighted by molar-refractivity contribution is -0.139. The summed E-state index contributed by atoms with van der Waals surface area (Å²) in [5.74, 6) is 0.601. The first-order valence-corrected chi connectivity index (χ1v) is 10.0. The van der Waals surface area contributed by atoms with Crippen LogP contribution in [0, 0.1) is 0 Å². The quantitative estimate of drug-likeness (QED) is 0.597. The predicted octanol–water partition coefficient (Wildman–Crippen LogP) is 3.71. The summed E-state index contributed by atoms with van der Waals surface area (Å²) < 4.78 is 67.3. The molecule has 0 unspecified atom stereocenters. The van der Waals surface area contributed by atoms with E-state index in [0.29, 0.717) is 22.5 Å². The molecule has 0 aliphatic carbocycles. The van der Waals surface area contributed by atoms with Gasteiger partial charge in [-0.3, -0.25) is 0 Å². The van der Waals surface area contributed by atoms with E-state index in [4.69, 9.17) is 21.3 Å². The molecule has 29 heavy (non-hydrogen) atoms. The lowest BCUT2D eigenvalue weighted by Gasteiger charge is -2.14. The molecule has 12 heteroatoms. The van der Waals surface area contributed by atoms with Gasteiger partial charge in [-0.2, -0.15) is 18.2 Å². The summed E-state index contributed by atoms with van der Waals surface area (Å²) in [6, 6.07) is 9.55. The molecule has 3 rings (SSSR count). The monoisotopic (exact) mass is 446 g/mol. The zero-order valence-corrected chi connectivity index (χ0v) is 16.1. The first kappa shape index (κ1) is 21.1. The lowest BCUT2D eigenvalue weighted by atomic mass is 10.2. The molecule has 0 fully saturated rings. The maximum Gasteiger partial charge on any atom is 0.417 e. The minimum absolute atomic E-state index is 0.0688. The van der Waals surface area contributed by atoms with Gasteiger partial charge in [0.15, 0.2) is 0 Å². The number of nitrogens with zero attached hydrogens (tertiary/aromatic N) is 2. The van der Waals surface area contributed by atoms with Crippen LogP contribution in [0.3, 0.4) is 0 Å². The highest BCUT2D eigenvalue weighted by atomic mass is 35.5. The second kappa shape index (κ2) is 8.01. The third-order valence-electron chi connectivity index (χ3n) is 3.81. The first-order chi connectivity index (χ1) is 13.5. The van der Waals surface area contributed by atoms with E-state index in [-0.39, 0.29) is 24.5 Å². The van der Waals surface area contributed by atoms with E-state index >= 15 is 0 Å². The molecule has 0 aliphatic rings. The number of alkyl halides is 3. The fourth-order valence-corrected chi connectivity index (χ4v) is 3.45. The van der Waals surface area contributed by atoms with Crippen molar-refractivity contribution in [3.05, 3.63) is 58.9 Å². The number of nitrogens with one attached hydrogen (secondary N) is 1. The average Bonchev–Trinajstić information content (AvgIpc) is 3.09. The summed E-state index contributed by atoms with van der Waals surface area (Å²) in [6.45, 7) is 0.170. The van der Waals surface area contributed by atoms with Crippen LogP contribution < -0.4 is 10.5 Å². The van der Waals surface area contributed by atoms with Crippen molar-refractivity contribution in [3.8, 4) is 11.4 Å². The predicted molar refractivity (Wildman–Crippen MR) is 99.8 cm³/mol. The molecule has 7 nitrogen and oxygen atoms in total. The van der Waals surface area contributed by atoms with Gasteiger partial charge < -0.3 is 9.84 Å². The molecule has 154 valence electrons. The Labute approximate surface area is 168 Å². The number of nitrogens with two attached hydrogens (primary N) is 1. The number of primary sulfonamides is 1. The van der Waals surface area contributed by atoms with Gasteiger partial charge in [0, 0.05) is 29.2 Å². The summed E-state index contributed by atoms with van der Waals surface area (Å²) in [6.07, 6.45) is -4.65. The molecular formula is C17H14ClF3N4O3S. The van der Waals surface area contributed by atoms with Crippen molar-refractivity contribution >= 4 is 27.3 Å². The van der Waals surface area contributed by atoms with Gasteiger partial charge in [0.2, 0.25) is 21.7 Å². The second-order valence-corrected chi connectivity index (χ2v) is 7.92. The number of benzene rings is 2. The van der Waals surface area contributed by atoms with E-state index in [1.165, 1.54) is 6.07 Å². The maximum absolute atomic E-state index is 13.1. The Balaban J connectivity index is 1.70. The Bertz CT molecular complexity index is 1130. The number of sulfonamides is 1. The van der Waals surface area contributed by atoms with E-state index in [2.05, 4.69) is 15.5 Å². The van der Waals surface area contributed by atoms with Crippen molar-refractivity contribution in [1.82, 2.24) is 10.1 Å². The molecule has 0 atom stereocenters. The fraction of sp³-hybridized carbons (Fsp3) is 0.176. The van der Waals surface area contributed by atoms with Gasteiger partial charge in [-0.15, -0.1) is 0 Å². The van der Waals surface area contributed by atoms with E-state index in [9.17, 15) is 21.6 Å². The first-order valence-electron chi connectivity index (χ1n) is 8.10. The van der Waals surface area contributed by atoms with E-state index < -0.39 is 26.7 Å². The summed E-state index contributed by atoms with van der Waals surface area (Å²) in [5.41, 5.74) is -0.612. The highest BCUT2D eigenvalue weighted by Gasteiger charge is 2.36.